The zero-order chi connectivity index (χ0) is 8.41. The molecule has 4 heteroatoms. The maximum atomic E-state index is 9.79. The minimum atomic E-state index is -1.01. The lowest BCUT2D eigenvalue weighted by Gasteiger charge is -2.28. The van der Waals surface area contributed by atoms with Crippen molar-refractivity contribution in [1.82, 2.24) is 0 Å². The lowest BCUT2D eigenvalue weighted by Crippen LogP contribution is -2.38. The summed E-state index contributed by atoms with van der Waals surface area (Å²) in [6, 6.07) is 2.18. The Balaban J connectivity index is 3.89. The van der Waals surface area contributed by atoms with Gasteiger partial charge in [0.05, 0.1) is 0 Å². The molecule has 0 aliphatic heterocycles. The summed E-state index contributed by atoms with van der Waals surface area (Å²) in [6.45, 7) is 6.98. The van der Waals surface area contributed by atoms with Gasteiger partial charge in [-0.05, 0) is 12.1 Å². The van der Waals surface area contributed by atoms with Crippen LogP contribution in [0, 0.1) is 0 Å². The lowest BCUT2D eigenvalue weighted by atomic mass is 10.4. The number of aliphatic hydroxyl groups is 1. The molecule has 0 amide bonds. The van der Waals surface area contributed by atoms with Crippen LogP contribution in [0.3, 0.4) is 0 Å². The first-order chi connectivity index (χ1) is 4.27. The van der Waals surface area contributed by atoms with E-state index in [9.17, 15) is 5.11 Å². The van der Waals surface area contributed by atoms with Gasteiger partial charge in [0, 0.05) is 33.8 Å². The van der Waals surface area contributed by atoms with Crippen LogP contribution in [-0.4, -0.2) is 38.9 Å². The lowest BCUT2D eigenvalue weighted by molar-refractivity contribution is 0.168. The zero-order valence-corrected chi connectivity index (χ0v) is 12.9. The van der Waals surface area contributed by atoms with Gasteiger partial charge in [-0.2, -0.15) is 0 Å². The van der Waals surface area contributed by atoms with Gasteiger partial charge in [-0.1, -0.05) is 19.6 Å². The van der Waals surface area contributed by atoms with E-state index in [1.807, 2.05) is 0 Å². The highest BCUT2D eigenvalue weighted by Crippen LogP contribution is 2.20. The summed E-state index contributed by atoms with van der Waals surface area (Å²) in [5.74, 6) is 0. The molecule has 62 valence electrons. The third kappa shape index (κ3) is 5.40. The van der Waals surface area contributed by atoms with Crippen molar-refractivity contribution in [3.05, 3.63) is 0 Å². The molecule has 10 heavy (non-hydrogen) atoms. The van der Waals surface area contributed by atoms with Crippen LogP contribution in [0.25, 0.3) is 0 Å². The van der Waals surface area contributed by atoms with E-state index in [0.29, 0.717) is 0 Å². The Morgan fingerprint density at radius 1 is 1.40 bits per heavy atom. The molecule has 0 fully saturated rings. The van der Waals surface area contributed by atoms with Crippen LogP contribution < -0.4 is 0 Å². The van der Waals surface area contributed by atoms with Crippen molar-refractivity contribution in [3.63, 3.8) is 0 Å². The van der Waals surface area contributed by atoms with E-state index in [4.69, 9.17) is 0 Å². The maximum Gasteiger partial charge on any atom is 0.0468 e. The van der Waals surface area contributed by atoms with Gasteiger partial charge in [0.1, 0.15) is 0 Å². The van der Waals surface area contributed by atoms with Crippen molar-refractivity contribution in [2.75, 3.05) is 0 Å². The molecule has 0 aliphatic rings. The Morgan fingerprint density at radius 2 is 1.80 bits per heavy atom. The molecule has 0 radical (unpaired) electrons. The first kappa shape index (κ1) is 10.6. The summed E-state index contributed by atoms with van der Waals surface area (Å²) < 4.78 is 0. The van der Waals surface area contributed by atoms with E-state index >= 15 is 0 Å². The second kappa shape index (κ2) is 3.34. The highest BCUT2D eigenvalue weighted by Gasteiger charge is 2.26. The van der Waals surface area contributed by atoms with E-state index in [0.717, 1.165) is 32.6 Å². The normalized spacial score (nSPS) is 19.2. The number of hydrogen-bond acceptors (Lipinski definition) is 1. The van der Waals surface area contributed by atoms with Crippen LogP contribution in [-0.2, 0) is 0 Å². The summed E-state index contributed by atoms with van der Waals surface area (Å²) in [5.41, 5.74) is 0. The molecule has 0 aromatic carbocycles. The van der Waals surface area contributed by atoms with Gasteiger partial charge in [-0.15, -0.1) is 0 Å². The molecule has 0 aliphatic carbocycles. The smallest absolute Gasteiger partial charge is 0.0468 e. The molecule has 0 spiro atoms. The van der Waals surface area contributed by atoms with Crippen molar-refractivity contribution >= 4 is 28.6 Å². The van der Waals surface area contributed by atoms with E-state index in [1.54, 1.807) is 0 Å². The predicted molar refractivity (Wildman–Crippen MR) is 57.8 cm³/mol. The van der Waals surface area contributed by atoms with Gasteiger partial charge in [-0.3, -0.25) is 0 Å². The van der Waals surface area contributed by atoms with Gasteiger partial charge >= 0.3 is 0 Å². The molecule has 1 unspecified atom stereocenters. The summed E-state index contributed by atoms with van der Waals surface area (Å²) in [7, 11) is 1.10. The van der Waals surface area contributed by atoms with Crippen LogP contribution in [0.5, 0.6) is 0 Å². The maximum absolute atomic E-state index is 9.79. The predicted octanol–water partition coefficient (Wildman–Crippen LogP) is -0.838. The molecule has 1 atom stereocenters. The van der Waals surface area contributed by atoms with Crippen LogP contribution in [0.2, 0.25) is 31.7 Å². The first-order valence-electron chi connectivity index (χ1n) is 3.99. The third-order valence-electron chi connectivity index (χ3n) is 1.67. The first-order valence-corrected chi connectivity index (χ1v) is 10.1. The number of rotatable bonds is 3. The average Bonchev–Trinajstić information content (AvgIpc) is 1.60. The monoisotopic (exact) mass is 192 g/mol. The highest BCUT2D eigenvalue weighted by atomic mass is 28.3. The fraction of sp³-hybridized carbons (Fsp3) is 1.00. The quantitative estimate of drug-likeness (QED) is 0.579. The third-order valence-corrected chi connectivity index (χ3v) is 8.20. The fourth-order valence-corrected chi connectivity index (χ4v) is 7.73. The van der Waals surface area contributed by atoms with Crippen molar-refractivity contribution < 1.29 is 5.11 Å². The molecule has 1 nitrogen and oxygen atoms in total. The summed E-state index contributed by atoms with van der Waals surface area (Å²) in [4.78, 5) is 0. The van der Waals surface area contributed by atoms with Gasteiger partial charge in [-0.25, -0.2) is 0 Å². The molecule has 0 aromatic rings. The molecule has 0 saturated carbocycles. The van der Waals surface area contributed by atoms with Crippen LogP contribution in [0.4, 0.5) is 0 Å². The zero-order valence-electron chi connectivity index (χ0n) is 7.86. The van der Waals surface area contributed by atoms with Crippen molar-refractivity contribution in [2.24, 2.45) is 0 Å². The molecule has 0 heterocycles. The van der Waals surface area contributed by atoms with Gasteiger partial charge in [0.2, 0.25) is 0 Å². The standard InChI is InChI=1S/C6H20OSi3/c1-10(2,3)5-6(7,9)4-8/h7H,4-5H2,1-3,8-9H3. The molecule has 0 rings (SSSR count). The van der Waals surface area contributed by atoms with Crippen molar-refractivity contribution in [2.45, 2.75) is 37.0 Å². The van der Waals surface area contributed by atoms with Crippen molar-refractivity contribution in [1.29, 1.82) is 0 Å². The fourth-order valence-electron chi connectivity index (χ4n) is 1.27. The topological polar surface area (TPSA) is 20.2 Å². The second-order valence-electron chi connectivity index (χ2n) is 4.59. The summed E-state index contributed by atoms with van der Waals surface area (Å²) in [5, 5.41) is 9.58. The van der Waals surface area contributed by atoms with E-state index < -0.39 is 8.07 Å². The van der Waals surface area contributed by atoms with Crippen LogP contribution in [0.1, 0.15) is 0 Å². The Morgan fingerprint density at radius 3 is 1.90 bits per heavy atom. The van der Waals surface area contributed by atoms with E-state index in [2.05, 4.69) is 19.6 Å². The molecular formula is C6H20OSi3. The van der Waals surface area contributed by atoms with E-state index in [1.165, 1.54) is 0 Å². The second-order valence-corrected chi connectivity index (χ2v) is 12.6. The Kier molecular flexibility index (Phi) is 3.54. The van der Waals surface area contributed by atoms with Gasteiger partial charge in [0.25, 0.3) is 0 Å². The Bertz CT molecular complexity index is 106. The molecular weight excluding hydrogens is 172 g/mol. The Hall–Kier alpha value is 0.611. The molecule has 0 bridgehead atoms. The average molecular weight is 192 g/mol. The van der Waals surface area contributed by atoms with Crippen LogP contribution >= 0.6 is 0 Å². The summed E-state index contributed by atoms with van der Waals surface area (Å²) >= 11 is 0. The van der Waals surface area contributed by atoms with Gasteiger partial charge in [0.15, 0.2) is 0 Å². The van der Waals surface area contributed by atoms with Crippen molar-refractivity contribution in [3.8, 4) is 0 Å². The minimum Gasteiger partial charge on any atom is -0.395 e. The van der Waals surface area contributed by atoms with Gasteiger partial charge < -0.3 is 5.11 Å². The summed E-state index contributed by atoms with van der Waals surface area (Å²) in [6.07, 6.45) is 0. The Labute approximate surface area is 71.1 Å². The largest absolute Gasteiger partial charge is 0.395 e. The number of hydrogen-bond donors (Lipinski definition) is 1. The molecule has 1 N–H and O–H groups in total. The molecule has 0 saturated heterocycles. The SMILES string of the molecule is C[Si](C)(C)CC(O)([SiH3])C[SiH3]. The van der Waals surface area contributed by atoms with Crippen LogP contribution in [0.15, 0.2) is 0 Å². The minimum absolute atomic E-state index is 0.212. The molecule has 0 aromatic heterocycles. The van der Waals surface area contributed by atoms with E-state index in [-0.39, 0.29) is 5.22 Å². The highest BCUT2D eigenvalue weighted by molar-refractivity contribution is 6.76.